The van der Waals surface area contributed by atoms with Gasteiger partial charge in [0.1, 0.15) is 11.9 Å². The van der Waals surface area contributed by atoms with Gasteiger partial charge in [0.15, 0.2) is 0 Å². The first-order valence-corrected chi connectivity index (χ1v) is 10.7. The van der Waals surface area contributed by atoms with Gasteiger partial charge in [-0.05, 0) is 37.8 Å². The van der Waals surface area contributed by atoms with E-state index in [1.165, 1.54) is 0 Å². The maximum atomic E-state index is 13.8. The number of ether oxygens (including phenoxy) is 1. The molecule has 0 radical (unpaired) electrons. The van der Waals surface area contributed by atoms with Crippen molar-refractivity contribution in [3.8, 4) is 5.75 Å². The molecule has 0 aliphatic carbocycles. The van der Waals surface area contributed by atoms with Crippen molar-refractivity contribution in [3.63, 3.8) is 0 Å². The van der Waals surface area contributed by atoms with Crippen molar-refractivity contribution in [2.24, 2.45) is 0 Å². The highest BCUT2D eigenvalue weighted by Crippen LogP contribution is 2.48. The lowest BCUT2D eigenvalue weighted by Crippen LogP contribution is -2.64. The van der Waals surface area contributed by atoms with Crippen molar-refractivity contribution in [3.05, 3.63) is 35.5 Å². The van der Waals surface area contributed by atoms with Crippen LogP contribution in [0.5, 0.6) is 5.75 Å². The normalized spacial score (nSPS) is 20.2. The number of piperidine rings is 1. The molecule has 0 bridgehead atoms. The van der Waals surface area contributed by atoms with Crippen molar-refractivity contribution in [2.45, 2.75) is 109 Å². The molecule has 1 aliphatic heterocycles. The molecule has 1 saturated heterocycles. The molecule has 0 amide bonds. The third-order valence-electron chi connectivity index (χ3n) is 5.98. The van der Waals surface area contributed by atoms with Crippen LogP contribution in [0.2, 0.25) is 0 Å². The van der Waals surface area contributed by atoms with Crippen molar-refractivity contribution in [2.75, 3.05) is 0 Å². The molecule has 0 aromatic heterocycles. The maximum absolute atomic E-state index is 13.8. The molecule has 26 heavy (non-hydrogen) atoms. The first-order chi connectivity index (χ1) is 12.6. The van der Waals surface area contributed by atoms with E-state index in [2.05, 4.69) is 27.7 Å². The van der Waals surface area contributed by atoms with Crippen LogP contribution >= 0.6 is 0 Å². The van der Waals surface area contributed by atoms with Crippen LogP contribution in [0.1, 0.15) is 91.9 Å². The summed E-state index contributed by atoms with van der Waals surface area (Å²) < 4.78 is 6.43. The number of hydrogen-bond donors (Lipinski definition) is 0. The van der Waals surface area contributed by atoms with E-state index in [-0.39, 0.29) is 17.2 Å². The summed E-state index contributed by atoms with van der Waals surface area (Å²) in [6.45, 7) is 8.81. The van der Waals surface area contributed by atoms with E-state index in [1.54, 1.807) is 5.06 Å². The van der Waals surface area contributed by atoms with Gasteiger partial charge in [0.25, 0.3) is 0 Å². The summed E-state index contributed by atoms with van der Waals surface area (Å²) in [4.78, 5) is 0. The second kappa shape index (κ2) is 9.75. The molecule has 1 aromatic rings. The zero-order valence-electron chi connectivity index (χ0n) is 17.3. The molecule has 1 aliphatic rings. The molecule has 3 heteroatoms. The molecular weight excluding hydrogens is 322 g/mol. The lowest BCUT2D eigenvalue weighted by molar-refractivity contribution is -0.0899. The Hall–Kier alpha value is -1.06. The topological polar surface area (TPSA) is 35.5 Å². The van der Waals surface area contributed by atoms with Crippen LogP contribution in [0.15, 0.2) is 30.3 Å². The predicted molar refractivity (Wildman–Crippen MR) is 110 cm³/mol. The predicted octanol–water partition coefficient (Wildman–Crippen LogP) is 6.71. The monoisotopic (exact) mass is 360 g/mol. The Balaban J connectivity index is 2.37. The van der Waals surface area contributed by atoms with Crippen LogP contribution in [0.25, 0.3) is 0 Å². The summed E-state index contributed by atoms with van der Waals surface area (Å²) in [6.07, 6.45) is 9.88. The summed E-state index contributed by atoms with van der Waals surface area (Å²) in [5, 5.41) is 15.4. The standard InChI is InChI=1S/C23H38NO2/c1-5-14-22(15-6-2)18-21(26-20-12-10-9-11-13-20)19-23(16-7-3,17-8-4)24(22)25/h9-13,21H,5-8,14-19H2,1-4H3/q-1. The van der Waals surface area contributed by atoms with Crippen molar-refractivity contribution in [1.82, 2.24) is 5.06 Å². The van der Waals surface area contributed by atoms with Gasteiger partial charge >= 0.3 is 0 Å². The minimum absolute atomic E-state index is 0.124. The molecule has 1 fully saturated rings. The third kappa shape index (κ3) is 4.61. The van der Waals surface area contributed by atoms with Crippen LogP contribution in [-0.2, 0) is 0 Å². The highest BCUT2D eigenvalue weighted by atomic mass is 16.5. The van der Waals surface area contributed by atoms with Crippen LogP contribution in [0.4, 0.5) is 0 Å². The largest absolute Gasteiger partial charge is 0.784 e. The molecule has 148 valence electrons. The summed E-state index contributed by atoms with van der Waals surface area (Å²) in [7, 11) is 0. The number of para-hydroxylation sites is 1. The average Bonchev–Trinajstić information content (AvgIpc) is 2.61. The highest BCUT2D eigenvalue weighted by Gasteiger charge is 2.48. The van der Waals surface area contributed by atoms with Crippen molar-refractivity contribution >= 4 is 0 Å². The maximum Gasteiger partial charge on any atom is 0.119 e. The van der Waals surface area contributed by atoms with E-state index in [4.69, 9.17) is 4.74 Å². The number of hydrogen-bond acceptors (Lipinski definition) is 3. The Morgan fingerprint density at radius 2 is 1.27 bits per heavy atom. The number of hydroxylamine groups is 2. The Bertz CT molecular complexity index is 478. The smallest absolute Gasteiger partial charge is 0.119 e. The Labute approximate surface area is 160 Å². The van der Waals surface area contributed by atoms with Gasteiger partial charge in [-0.2, -0.15) is 0 Å². The molecule has 1 heterocycles. The van der Waals surface area contributed by atoms with Gasteiger partial charge in [-0.15, -0.1) is 0 Å². The van der Waals surface area contributed by atoms with Gasteiger partial charge < -0.3 is 15.0 Å². The Morgan fingerprint density at radius 3 is 1.65 bits per heavy atom. The van der Waals surface area contributed by atoms with Crippen molar-refractivity contribution in [1.29, 1.82) is 0 Å². The molecule has 1 aromatic carbocycles. The quantitative estimate of drug-likeness (QED) is 0.465. The SMILES string of the molecule is CCCC1(CCC)CC(Oc2ccccc2)CC(CCC)(CCC)N1[O-]. The summed E-state index contributed by atoms with van der Waals surface area (Å²) in [6, 6.07) is 10.1. The van der Waals surface area contributed by atoms with Crippen LogP contribution < -0.4 is 4.74 Å². The van der Waals surface area contributed by atoms with E-state index in [1.807, 2.05) is 30.3 Å². The molecule has 0 saturated carbocycles. The minimum Gasteiger partial charge on any atom is -0.784 e. The van der Waals surface area contributed by atoms with E-state index >= 15 is 0 Å². The van der Waals surface area contributed by atoms with Gasteiger partial charge in [0.2, 0.25) is 0 Å². The number of benzene rings is 1. The van der Waals surface area contributed by atoms with E-state index in [0.29, 0.717) is 0 Å². The van der Waals surface area contributed by atoms with Crippen LogP contribution in [0, 0.1) is 5.21 Å². The number of nitrogens with zero attached hydrogens (tertiary/aromatic N) is 1. The fourth-order valence-corrected chi connectivity index (χ4v) is 5.29. The fraction of sp³-hybridized carbons (Fsp3) is 0.739. The second-order valence-corrected chi connectivity index (χ2v) is 8.20. The summed E-state index contributed by atoms with van der Waals surface area (Å²) >= 11 is 0. The first-order valence-electron chi connectivity index (χ1n) is 10.7. The summed E-state index contributed by atoms with van der Waals surface area (Å²) in [5.74, 6) is 0.931. The zero-order valence-corrected chi connectivity index (χ0v) is 17.3. The molecule has 0 N–H and O–H groups in total. The Morgan fingerprint density at radius 1 is 0.846 bits per heavy atom. The van der Waals surface area contributed by atoms with Gasteiger partial charge in [0.05, 0.1) is 0 Å². The lowest BCUT2D eigenvalue weighted by Gasteiger charge is -2.65. The lowest BCUT2D eigenvalue weighted by atomic mass is 9.69. The van der Waals surface area contributed by atoms with E-state index < -0.39 is 0 Å². The van der Waals surface area contributed by atoms with E-state index in [9.17, 15) is 5.21 Å². The van der Waals surface area contributed by atoms with Gasteiger partial charge in [-0.3, -0.25) is 0 Å². The minimum atomic E-state index is -0.272. The zero-order chi connectivity index (χ0) is 19.0. The van der Waals surface area contributed by atoms with Crippen LogP contribution in [-0.4, -0.2) is 22.2 Å². The third-order valence-corrected chi connectivity index (χ3v) is 5.98. The molecule has 0 spiro atoms. The summed E-state index contributed by atoms with van der Waals surface area (Å²) in [5.41, 5.74) is -0.545. The van der Waals surface area contributed by atoms with Gasteiger partial charge in [-0.1, -0.05) is 71.6 Å². The highest BCUT2D eigenvalue weighted by molar-refractivity contribution is 5.22. The number of rotatable bonds is 10. The molecule has 2 rings (SSSR count). The molecular formula is C23H38NO2-. The van der Waals surface area contributed by atoms with Crippen LogP contribution in [0.3, 0.4) is 0 Å². The Kier molecular flexibility index (Phi) is 7.97. The molecule has 0 unspecified atom stereocenters. The van der Waals surface area contributed by atoms with Crippen molar-refractivity contribution < 1.29 is 4.74 Å². The first kappa shape index (κ1) is 21.2. The van der Waals surface area contributed by atoms with E-state index in [0.717, 1.165) is 70.0 Å². The van der Waals surface area contributed by atoms with Gasteiger partial charge in [0, 0.05) is 23.9 Å². The fourth-order valence-electron chi connectivity index (χ4n) is 5.29. The molecule has 3 nitrogen and oxygen atoms in total. The average molecular weight is 361 g/mol. The second-order valence-electron chi connectivity index (χ2n) is 8.20. The molecule has 0 atom stereocenters. The van der Waals surface area contributed by atoms with Gasteiger partial charge in [-0.25, -0.2) is 0 Å².